The van der Waals surface area contributed by atoms with Crippen LogP contribution in [0, 0.1) is 0 Å². The molecule has 0 bridgehead atoms. The predicted molar refractivity (Wildman–Crippen MR) is 67.8 cm³/mol. The third-order valence-electron chi connectivity index (χ3n) is 3.91. The zero-order valence-corrected chi connectivity index (χ0v) is 12.0. The Morgan fingerprint density at radius 3 is 2.04 bits per heavy atom. The molecule has 134 valence electrons. The van der Waals surface area contributed by atoms with Crippen LogP contribution in [-0.4, -0.2) is 103 Å². The zero-order valence-electron chi connectivity index (χ0n) is 12.0. The number of hydrogen-bond donors (Lipinski definition) is 7. The van der Waals surface area contributed by atoms with Gasteiger partial charge in [-0.25, -0.2) is 4.79 Å². The number of aliphatic hydroxyl groups is 6. The number of carboxylic acids is 1. The van der Waals surface area contributed by atoms with Crippen molar-refractivity contribution < 1.29 is 54.8 Å². The first-order chi connectivity index (χ1) is 10.6. The molecule has 0 aromatic heterocycles. The van der Waals surface area contributed by atoms with Gasteiger partial charge in [-0.15, -0.1) is 0 Å². The van der Waals surface area contributed by atoms with E-state index in [1.54, 1.807) is 0 Å². The van der Waals surface area contributed by atoms with Gasteiger partial charge in [0.25, 0.3) is 0 Å². The van der Waals surface area contributed by atoms with E-state index in [2.05, 4.69) is 0 Å². The van der Waals surface area contributed by atoms with Crippen molar-refractivity contribution in [1.29, 1.82) is 0 Å². The van der Waals surface area contributed by atoms with Crippen molar-refractivity contribution in [3.63, 3.8) is 0 Å². The molecule has 7 N–H and O–H groups in total. The standard InChI is InChI=1S/C12H20O11/c1-2-3(13)5(15)9(11(20)21-2)23-12-7(17)4(14)6(16)8(22-12)10(18)19/h2-9,11-17,20H,1H3,(H,18,19)/t2-,3-,4-,5+,6+,7+,8-,9+,11-,12+/m0/s1. The Hall–Kier alpha value is -0.890. The summed E-state index contributed by atoms with van der Waals surface area (Å²) in [5.41, 5.74) is 0. The molecule has 0 spiro atoms. The Labute approximate surface area is 130 Å². The number of aliphatic carboxylic acids is 1. The number of carbonyl (C=O) groups is 1. The van der Waals surface area contributed by atoms with Crippen LogP contribution in [-0.2, 0) is 19.0 Å². The van der Waals surface area contributed by atoms with Crippen LogP contribution in [0.4, 0.5) is 0 Å². The SMILES string of the molecule is C[C@@H]1O[C@H](O)[C@H](O[C@H]2O[C@H](C(=O)O)[C@H](O)[C@H](O)[C@H]2O)[C@H](O)[C@H]1O. The van der Waals surface area contributed by atoms with Crippen LogP contribution in [0.1, 0.15) is 6.92 Å². The van der Waals surface area contributed by atoms with Gasteiger partial charge < -0.3 is 50.0 Å². The minimum absolute atomic E-state index is 0.892. The Morgan fingerprint density at radius 1 is 0.870 bits per heavy atom. The molecule has 2 fully saturated rings. The molecule has 11 heteroatoms. The first-order valence-electron chi connectivity index (χ1n) is 6.92. The number of rotatable bonds is 3. The molecule has 0 radical (unpaired) electrons. The van der Waals surface area contributed by atoms with E-state index in [0.717, 1.165) is 0 Å². The summed E-state index contributed by atoms with van der Waals surface area (Å²) in [6.45, 7) is 1.40. The molecule has 0 saturated carbocycles. The summed E-state index contributed by atoms with van der Waals surface area (Å²) >= 11 is 0. The number of hydrogen-bond acceptors (Lipinski definition) is 10. The van der Waals surface area contributed by atoms with Gasteiger partial charge in [0.15, 0.2) is 18.7 Å². The van der Waals surface area contributed by atoms with E-state index in [9.17, 15) is 35.4 Å². The molecule has 2 rings (SSSR count). The van der Waals surface area contributed by atoms with Crippen LogP contribution < -0.4 is 0 Å². The molecule has 10 atom stereocenters. The largest absolute Gasteiger partial charge is 0.479 e. The van der Waals surface area contributed by atoms with Gasteiger partial charge in [-0.1, -0.05) is 0 Å². The molecular formula is C12H20O11. The zero-order chi connectivity index (χ0) is 17.5. The summed E-state index contributed by atoms with van der Waals surface area (Å²) in [6.07, 6.45) is -16.5. The summed E-state index contributed by atoms with van der Waals surface area (Å²) in [5, 5.41) is 67.3. The first-order valence-corrected chi connectivity index (χ1v) is 6.92. The van der Waals surface area contributed by atoms with E-state index in [1.807, 2.05) is 0 Å². The van der Waals surface area contributed by atoms with Crippen LogP contribution in [0.3, 0.4) is 0 Å². The van der Waals surface area contributed by atoms with E-state index in [4.69, 9.17) is 19.3 Å². The highest BCUT2D eigenvalue weighted by Crippen LogP contribution is 2.28. The second kappa shape index (κ2) is 6.93. The van der Waals surface area contributed by atoms with E-state index < -0.39 is 67.4 Å². The van der Waals surface area contributed by atoms with E-state index in [-0.39, 0.29) is 0 Å². The minimum Gasteiger partial charge on any atom is -0.479 e. The average Bonchev–Trinajstić information content (AvgIpc) is 2.48. The van der Waals surface area contributed by atoms with Crippen LogP contribution in [0.2, 0.25) is 0 Å². The third kappa shape index (κ3) is 3.47. The summed E-state index contributed by atoms with van der Waals surface area (Å²) in [4.78, 5) is 11.0. The Morgan fingerprint density at radius 2 is 1.48 bits per heavy atom. The van der Waals surface area contributed by atoms with E-state index in [1.165, 1.54) is 6.92 Å². The van der Waals surface area contributed by atoms with Gasteiger partial charge in [-0.2, -0.15) is 0 Å². The topological polar surface area (TPSA) is 186 Å². The molecule has 0 aromatic carbocycles. The molecule has 2 aliphatic rings. The molecule has 11 nitrogen and oxygen atoms in total. The lowest BCUT2D eigenvalue weighted by Gasteiger charge is -2.44. The van der Waals surface area contributed by atoms with Crippen LogP contribution in [0.15, 0.2) is 0 Å². The highest BCUT2D eigenvalue weighted by Gasteiger charge is 2.51. The Kier molecular flexibility index (Phi) is 5.56. The molecule has 2 saturated heterocycles. The smallest absolute Gasteiger partial charge is 0.335 e. The molecule has 0 amide bonds. The second-order valence-corrected chi connectivity index (χ2v) is 5.55. The lowest BCUT2D eigenvalue weighted by Crippen LogP contribution is -2.64. The fraction of sp³-hybridized carbons (Fsp3) is 0.917. The third-order valence-corrected chi connectivity index (χ3v) is 3.91. The van der Waals surface area contributed by atoms with Crippen molar-refractivity contribution in [2.24, 2.45) is 0 Å². The minimum atomic E-state index is -1.90. The van der Waals surface area contributed by atoms with Crippen molar-refractivity contribution in [3.8, 4) is 0 Å². The molecule has 0 unspecified atom stereocenters. The van der Waals surface area contributed by atoms with Crippen molar-refractivity contribution >= 4 is 5.97 Å². The Bertz CT molecular complexity index is 431. The van der Waals surface area contributed by atoms with Crippen molar-refractivity contribution in [3.05, 3.63) is 0 Å². The van der Waals surface area contributed by atoms with Gasteiger partial charge in [-0.3, -0.25) is 0 Å². The van der Waals surface area contributed by atoms with Gasteiger partial charge in [-0.05, 0) is 6.92 Å². The number of aliphatic hydroxyl groups excluding tert-OH is 6. The molecule has 23 heavy (non-hydrogen) atoms. The second-order valence-electron chi connectivity index (χ2n) is 5.55. The molecule has 2 heterocycles. The Balaban J connectivity index is 2.12. The lowest BCUT2D eigenvalue weighted by molar-refractivity contribution is -0.355. The molecule has 0 aromatic rings. The fourth-order valence-corrected chi connectivity index (χ4v) is 2.49. The summed E-state index contributed by atoms with van der Waals surface area (Å²) in [5.74, 6) is -1.60. The summed E-state index contributed by atoms with van der Waals surface area (Å²) in [7, 11) is 0. The van der Waals surface area contributed by atoms with Gasteiger partial charge in [0.1, 0.15) is 36.6 Å². The number of ether oxygens (including phenoxy) is 3. The van der Waals surface area contributed by atoms with Gasteiger partial charge in [0, 0.05) is 0 Å². The van der Waals surface area contributed by atoms with Crippen molar-refractivity contribution in [2.75, 3.05) is 0 Å². The predicted octanol–water partition coefficient (Wildman–Crippen LogP) is -4.28. The highest BCUT2D eigenvalue weighted by molar-refractivity contribution is 5.73. The van der Waals surface area contributed by atoms with Gasteiger partial charge >= 0.3 is 5.97 Å². The normalized spacial score (nSPS) is 51.4. The first kappa shape index (κ1) is 18.4. The maximum atomic E-state index is 11.0. The highest BCUT2D eigenvalue weighted by atomic mass is 16.7. The van der Waals surface area contributed by atoms with E-state index in [0.29, 0.717) is 0 Å². The quantitative estimate of drug-likeness (QED) is 0.263. The van der Waals surface area contributed by atoms with Gasteiger partial charge in [0.05, 0.1) is 6.10 Å². The van der Waals surface area contributed by atoms with Crippen LogP contribution in [0.5, 0.6) is 0 Å². The van der Waals surface area contributed by atoms with Crippen molar-refractivity contribution in [2.45, 2.75) is 68.3 Å². The summed E-state index contributed by atoms with van der Waals surface area (Å²) < 4.78 is 14.9. The molecular weight excluding hydrogens is 320 g/mol. The van der Waals surface area contributed by atoms with Gasteiger partial charge in [0.2, 0.25) is 0 Å². The van der Waals surface area contributed by atoms with Crippen molar-refractivity contribution in [1.82, 2.24) is 0 Å². The lowest BCUT2D eigenvalue weighted by atomic mass is 9.97. The van der Waals surface area contributed by atoms with E-state index >= 15 is 0 Å². The molecule has 0 aliphatic carbocycles. The van der Waals surface area contributed by atoms with Crippen LogP contribution >= 0.6 is 0 Å². The molecule has 2 aliphatic heterocycles. The average molecular weight is 340 g/mol. The maximum absolute atomic E-state index is 11.0. The maximum Gasteiger partial charge on any atom is 0.335 e. The number of carboxylic acid groups (broad SMARTS) is 1. The fourth-order valence-electron chi connectivity index (χ4n) is 2.49. The summed E-state index contributed by atoms with van der Waals surface area (Å²) in [6, 6.07) is 0. The van der Waals surface area contributed by atoms with Crippen LogP contribution in [0.25, 0.3) is 0 Å². The monoisotopic (exact) mass is 340 g/mol.